The smallest absolute Gasteiger partial charge is 0.189 e. The highest BCUT2D eigenvalue weighted by atomic mass is 16.5. The van der Waals surface area contributed by atoms with Gasteiger partial charge in [0.05, 0.1) is 13.3 Å². The number of ether oxygens (including phenoxy) is 1. The molecule has 0 radical (unpaired) electrons. The van der Waals surface area contributed by atoms with E-state index in [0.29, 0.717) is 31.0 Å². The second kappa shape index (κ2) is 7.04. The van der Waals surface area contributed by atoms with E-state index in [1.807, 2.05) is 31.2 Å². The first-order valence-corrected chi connectivity index (χ1v) is 7.11. The molecule has 0 saturated heterocycles. The molecule has 0 bridgehead atoms. The number of aryl methyl sites for hydroxylation is 1. The molecule has 0 unspecified atom stereocenters. The van der Waals surface area contributed by atoms with Crippen molar-refractivity contribution in [3.05, 3.63) is 47.3 Å². The number of benzene rings is 1. The maximum atomic E-state index is 12.6. The van der Waals surface area contributed by atoms with E-state index in [9.17, 15) is 4.79 Å². The van der Waals surface area contributed by atoms with Gasteiger partial charge in [-0.05, 0) is 17.5 Å². The second-order valence-corrected chi connectivity index (χ2v) is 4.86. The van der Waals surface area contributed by atoms with Crippen LogP contribution in [0.25, 0.3) is 0 Å². The van der Waals surface area contributed by atoms with Crippen molar-refractivity contribution in [2.45, 2.75) is 32.9 Å². The zero-order valence-corrected chi connectivity index (χ0v) is 12.5. The maximum absolute atomic E-state index is 12.6. The highest BCUT2D eigenvalue weighted by molar-refractivity contribution is 5.98. The number of carbonyl (C=O) groups excluding carboxylic acids is 1. The maximum Gasteiger partial charge on any atom is 0.189 e. The van der Waals surface area contributed by atoms with Crippen molar-refractivity contribution in [1.82, 2.24) is 9.78 Å². The van der Waals surface area contributed by atoms with Gasteiger partial charge in [0.15, 0.2) is 11.5 Å². The lowest BCUT2D eigenvalue weighted by atomic mass is 10.0. The van der Waals surface area contributed by atoms with Crippen molar-refractivity contribution in [1.29, 1.82) is 0 Å². The number of aromatic nitrogens is 2. The standard InChI is InChI=1S/C16H21N3O2/c1-3-8-19-16(15(21-2)11-18-19)14(20)9-12-6-4-5-7-13(12)10-17/h4-7,11H,3,8-10,17H2,1-2H3. The Kier molecular flexibility index (Phi) is 5.11. The molecule has 21 heavy (non-hydrogen) atoms. The molecule has 0 saturated carbocycles. The molecule has 0 atom stereocenters. The van der Waals surface area contributed by atoms with Crippen LogP contribution in [0, 0.1) is 0 Å². The summed E-state index contributed by atoms with van der Waals surface area (Å²) in [6.45, 7) is 3.17. The van der Waals surface area contributed by atoms with Crippen LogP contribution in [-0.2, 0) is 19.5 Å². The molecule has 0 amide bonds. The lowest BCUT2D eigenvalue weighted by Gasteiger charge is -2.10. The minimum atomic E-state index is -0.00120. The lowest BCUT2D eigenvalue weighted by molar-refractivity contribution is 0.0979. The van der Waals surface area contributed by atoms with Crippen LogP contribution in [0.3, 0.4) is 0 Å². The first-order chi connectivity index (χ1) is 10.2. The van der Waals surface area contributed by atoms with Crippen LogP contribution in [0.1, 0.15) is 35.0 Å². The summed E-state index contributed by atoms with van der Waals surface area (Å²) in [7, 11) is 1.55. The van der Waals surface area contributed by atoms with Gasteiger partial charge in [0.2, 0.25) is 0 Å². The largest absolute Gasteiger partial charge is 0.493 e. The van der Waals surface area contributed by atoms with Gasteiger partial charge in [-0.25, -0.2) is 0 Å². The van der Waals surface area contributed by atoms with E-state index in [-0.39, 0.29) is 5.78 Å². The Bertz CT molecular complexity index is 620. The second-order valence-electron chi connectivity index (χ2n) is 4.86. The fourth-order valence-electron chi connectivity index (χ4n) is 2.37. The number of Topliss-reactive ketones (excluding diaryl/α,β-unsaturated/α-hetero) is 1. The molecule has 112 valence electrons. The third-order valence-corrected chi connectivity index (χ3v) is 3.41. The fourth-order valence-corrected chi connectivity index (χ4v) is 2.37. The van der Waals surface area contributed by atoms with Gasteiger partial charge >= 0.3 is 0 Å². The number of hydrogen-bond donors (Lipinski definition) is 1. The number of nitrogens with two attached hydrogens (primary N) is 1. The number of methoxy groups -OCH3 is 1. The molecule has 5 heteroatoms. The molecule has 2 rings (SSSR count). The third-order valence-electron chi connectivity index (χ3n) is 3.41. The Morgan fingerprint density at radius 3 is 2.67 bits per heavy atom. The number of rotatable bonds is 7. The van der Waals surface area contributed by atoms with E-state index in [0.717, 1.165) is 17.5 Å². The van der Waals surface area contributed by atoms with E-state index >= 15 is 0 Å². The van der Waals surface area contributed by atoms with Gasteiger partial charge in [-0.15, -0.1) is 0 Å². The highest BCUT2D eigenvalue weighted by Gasteiger charge is 2.20. The van der Waals surface area contributed by atoms with Gasteiger partial charge in [-0.1, -0.05) is 31.2 Å². The molecule has 2 aromatic rings. The molecule has 0 spiro atoms. The minimum absolute atomic E-state index is 0.00120. The SMILES string of the molecule is CCCn1ncc(OC)c1C(=O)Cc1ccccc1CN. The van der Waals surface area contributed by atoms with Crippen molar-refractivity contribution >= 4 is 5.78 Å². The summed E-state index contributed by atoms with van der Waals surface area (Å²) in [5.74, 6) is 0.525. The molecule has 5 nitrogen and oxygen atoms in total. The Balaban J connectivity index is 2.29. The van der Waals surface area contributed by atoms with Crippen molar-refractivity contribution in [2.75, 3.05) is 7.11 Å². The first-order valence-electron chi connectivity index (χ1n) is 7.11. The number of nitrogens with zero attached hydrogens (tertiary/aromatic N) is 2. The molecular formula is C16H21N3O2. The molecule has 0 aliphatic heterocycles. The average molecular weight is 287 g/mol. The summed E-state index contributed by atoms with van der Waals surface area (Å²) >= 11 is 0. The summed E-state index contributed by atoms with van der Waals surface area (Å²) in [5, 5.41) is 4.23. The molecular weight excluding hydrogens is 266 g/mol. The van der Waals surface area contributed by atoms with E-state index in [1.165, 1.54) is 0 Å². The van der Waals surface area contributed by atoms with Crippen molar-refractivity contribution in [3.8, 4) is 5.75 Å². The van der Waals surface area contributed by atoms with Crippen LogP contribution in [0.15, 0.2) is 30.5 Å². The Morgan fingerprint density at radius 1 is 1.33 bits per heavy atom. The monoisotopic (exact) mass is 287 g/mol. The molecule has 1 heterocycles. The van der Waals surface area contributed by atoms with E-state index < -0.39 is 0 Å². The van der Waals surface area contributed by atoms with Crippen LogP contribution in [0.2, 0.25) is 0 Å². The van der Waals surface area contributed by atoms with Crippen LogP contribution in [0.4, 0.5) is 0 Å². The molecule has 1 aromatic carbocycles. The molecule has 0 fully saturated rings. The summed E-state index contributed by atoms with van der Waals surface area (Å²) in [6, 6.07) is 7.73. The minimum Gasteiger partial charge on any atom is -0.493 e. The van der Waals surface area contributed by atoms with Crippen LogP contribution in [-0.4, -0.2) is 22.7 Å². The molecule has 0 aliphatic carbocycles. The summed E-state index contributed by atoms with van der Waals surface area (Å²) < 4.78 is 6.97. The highest BCUT2D eigenvalue weighted by Crippen LogP contribution is 2.21. The van der Waals surface area contributed by atoms with Crippen LogP contribution in [0.5, 0.6) is 5.75 Å². The lowest BCUT2D eigenvalue weighted by Crippen LogP contribution is -2.15. The van der Waals surface area contributed by atoms with Crippen molar-refractivity contribution in [3.63, 3.8) is 0 Å². The molecule has 2 N–H and O–H groups in total. The zero-order valence-electron chi connectivity index (χ0n) is 12.5. The van der Waals surface area contributed by atoms with Gasteiger partial charge in [0, 0.05) is 19.5 Å². The molecule has 0 aliphatic rings. The molecule has 1 aromatic heterocycles. The van der Waals surface area contributed by atoms with Gasteiger partial charge in [-0.3, -0.25) is 9.48 Å². The summed E-state index contributed by atoms with van der Waals surface area (Å²) in [6.07, 6.45) is 2.81. The van der Waals surface area contributed by atoms with Crippen molar-refractivity contribution < 1.29 is 9.53 Å². The van der Waals surface area contributed by atoms with Gasteiger partial charge < -0.3 is 10.5 Å². The number of ketones is 1. The normalized spacial score (nSPS) is 10.6. The summed E-state index contributed by atoms with van der Waals surface area (Å²) in [5.41, 5.74) is 8.21. The predicted octanol–water partition coefficient (Wildman–Crippen LogP) is 2.19. The van der Waals surface area contributed by atoms with E-state index in [1.54, 1.807) is 18.0 Å². The van der Waals surface area contributed by atoms with Gasteiger partial charge in [-0.2, -0.15) is 5.10 Å². The Labute approximate surface area is 124 Å². The topological polar surface area (TPSA) is 70.1 Å². The van der Waals surface area contributed by atoms with E-state index in [2.05, 4.69) is 5.10 Å². The van der Waals surface area contributed by atoms with Crippen LogP contribution >= 0.6 is 0 Å². The Morgan fingerprint density at radius 2 is 2.05 bits per heavy atom. The average Bonchev–Trinajstić information content (AvgIpc) is 2.91. The predicted molar refractivity (Wildman–Crippen MR) is 81.4 cm³/mol. The summed E-state index contributed by atoms with van der Waals surface area (Å²) in [4.78, 5) is 12.6. The fraction of sp³-hybridized carbons (Fsp3) is 0.375. The Hall–Kier alpha value is -2.14. The number of hydrogen-bond acceptors (Lipinski definition) is 4. The van der Waals surface area contributed by atoms with Crippen molar-refractivity contribution in [2.24, 2.45) is 5.73 Å². The van der Waals surface area contributed by atoms with Gasteiger partial charge in [0.25, 0.3) is 0 Å². The zero-order chi connectivity index (χ0) is 15.2. The third kappa shape index (κ3) is 3.31. The quantitative estimate of drug-likeness (QED) is 0.792. The number of carbonyl (C=O) groups is 1. The first kappa shape index (κ1) is 15.3. The van der Waals surface area contributed by atoms with Crippen LogP contribution < -0.4 is 10.5 Å². The van der Waals surface area contributed by atoms with E-state index in [4.69, 9.17) is 10.5 Å². The van der Waals surface area contributed by atoms with Gasteiger partial charge in [0.1, 0.15) is 5.69 Å².